The molecule has 1 heterocycles. The van der Waals surface area contributed by atoms with Gasteiger partial charge in [-0.3, -0.25) is 16.0 Å². The van der Waals surface area contributed by atoms with Crippen LogP contribution in [-0.2, 0) is 13.5 Å². The lowest BCUT2D eigenvalue weighted by molar-refractivity contribution is 0.340. The molecule has 5 nitrogen and oxygen atoms in total. The highest BCUT2D eigenvalue weighted by Gasteiger charge is 2.30. The van der Waals surface area contributed by atoms with Crippen molar-refractivity contribution < 1.29 is 0 Å². The predicted molar refractivity (Wildman–Crippen MR) is 66.9 cm³/mol. The van der Waals surface area contributed by atoms with Crippen LogP contribution in [0, 0.1) is 11.8 Å². The minimum absolute atomic E-state index is 0.328. The maximum Gasteiger partial charge on any atom is 0.138 e. The second-order valence-corrected chi connectivity index (χ2v) is 5.12. The van der Waals surface area contributed by atoms with Gasteiger partial charge in [0.25, 0.3) is 0 Å². The first kappa shape index (κ1) is 12.5. The summed E-state index contributed by atoms with van der Waals surface area (Å²) in [6.45, 7) is 2.28. The van der Waals surface area contributed by atoms with Crippen LogP contribution in [0.1, 0.15) is 38.4 Å². The van der Waals surface area contributed by atoms with Crippen molar-refractivity contribution in [3.63, 3.8) is 0 Å². The maximum absolute atomic E-state index is 5.70. The van der Waals surface area contributed by atoms with Crippen LogP contribution in [0.15, 0.2) is 6.33 Å². The molecule has 96 valence electrons. The highest BCUT2D eigenvalue weighted by Crippen LogP contribution is 2.35. The van der Waals surface area contributed by atoms with Gasteiger partial charge in [0.2, 0.25) is 0 Å². The molecule has 1 aliphatic carbocycles. The van der Waals surface area contributed by atoms with Gasteiger partial charge in [0.15, 0.2) is 0 Å². The van der Waals surface area contributed by atoms with Gasteiger partial charge in [0.1, 0.15) is 12.2 Å². The number of nitrogens with two attached hydrogens (primary N) is 1. The maximum atomic E-state index is 5.70. The zero-order chi connectivity index (χ0) is 12.3. The summed E-state index contributed by atoms with van der Waals surface area (Å²) >= 11 is 0. The summed E-state index contributed by atoms with van der Waals surface area (Å²) < 4.78 is 1.83. The first-order valence-corrected chi connectivity index (χ1v) is 6.53. The predicted octanol–water partition coefficient (Wildman–Crippen LogP) is 1.02. The Morgan fingerprint density at radius 3 is 2.94 bits per heavy atom. The number of hydrogen-bond donors (Lipinski definition) is 2. The van der Waals surface area contributed by atoms with Gasteiger partial charge in [0.05, 0.1) is 0 Å². The Morgan fingerprint density at radius 2 is 2.41 bits per heavy atom. The number of rotatable bonds is 5. The molecule has 1 aromatic rings. The van der Waals surface area contributed by atoms with Crippen molar-refractivity contribution >= 4 is 0 Å². The average molecular weight is 237 g/mol. The summed E-state index contributed by atoms with van der Waals surface area (Å²) in [4.78, 5) is 4.27. The first-order valence-electron chi connectivity index (χ1n) is 6.53. The largest absolute Gasteiger partial charge is 0.271 e. The Morgan fingerprint density at radius 1 is 1.59 bits per heavy atom. The van der Waals surface area contributed by atoms with Gasteiger partial charge in [-0.1, -0.05) is 19.8 Å². The van der Waals surface area contributed by atoms with E-state index in [1.807, 2.05) is 11.7 Å². The Labute approximate surface area is 103 Å². The SMILES string of the molecule is CCC1CCC(C(Cc2ncnn2C)NN)C1. The Balaban J connectivity index is 1.95. The van der Waals surface area contributed by atoms with Crippen LogP contribution in [0.3, 0.4) is 0 Å². The molecular formula is C12H23N5. The normalized spacial score (nSPS) is 26.3. The van der Waals surface area contributed by atoms with Crippen LogP contribution in [0.5, 0.6) is 0 Å². The number of nitrogens with one attached hydrogen (secondary N) is 1. The number of aromatic nitrogens is 3. The smallest absolute Gasteiger partial charge is 0.138 e. The third-order valence-corrected chi connectivity index (χ3v) is 4.15. The zero-order valence-electron chi connectivity index (χ0n) is 10.8. The quantitative estimate of drug-likeness (QED) is 0.592. The molecule has 0 bridgehead atoms. The number of aryl methyl sites for hydroxylation is 1. The lowest BCUT2D eigenvalue weighted by Gasteiger charge is -2.22. The molecule has 3 unspecified atom stereocenters. The van der Waals surface area contributed by atoms with E-state index in [-0.39, 0.29) is 0 Å². The van der Waals surface area contributed by atoms with Gasteiger partial charge in [-0.25, -0.2) is 4.98 Å². The number of hydrazine groups is 1. The molecule has 1 aliphatic rings. The summed E-state index contributed by atoms with van der Waals surface area (Å²) in [5.74, 6) is 8.27. The zero-order valence-corrected chi connectivity index (χ0v) is 10.8. The van der Waals surface area contributed by atoms with Crippen molar-refractivity contribution in [2.24, 2.45) is 24.7 Å². The highest BCUT2D eigenvalue weighted by molar-refractivity contribution is 4.93. The lowest BCUT2D eigenvalue weighted by atomic mass is 9.94. The van der Waals surface area contributed by atoms with E-state index in [9.17, 15) is 0 Å². The molecule has 3 N–H and O–H groups in total. The molecule has 0 aromatic carbocycles. The van der Waals surface area contributed by atoms with Crippen LogP contribution < -0.4 is 11.3 Å². The standard InChI is InChI=1S/C12H23N5/c1-3-9-4-5-10(6-9)11(16-13)7-12-14-8-15-17(12)2/h8-11,16H,3-7,13H2,1-2H3. The highest BCUT2D eigenvalue weighted by atomic mass is 15.3. The van der Waals surface area contributed by atoms with Gasteiger partial charge in [-0.05, 0) is 24.7 Å². The Hall–Kier alpha value is -0.940. The fourth-order valence-electron chi connectivity index (χ4n) is 2.91. The van der Waals surface area contributed by atoms with Gasteiger partial charge >= 0.3 is 0 Å². The molecule has 5 heteroatoms. The number of nitrogens with zero attached hydrogens (tertiary/aromatic N) is 3. The van der Waals surface area contributed by atoms with E-state index in [0.29, 0.717) is 12.0 Å². The second-order valence-electron chi connectivity index (χ2n) is 5.12. The van der Waals surface area contributed by atoms with E-state index in [1.54, 1.807) is 6.33 Å². The van der Waals surface area contributed by atoms with Crippen LogP contribution in [-0.4, -0.2) is 20.8 Å². The van der Waals surface area contributed by atoms with Gasteiger partial charge in [-0.2, -0.15) is 5.10 Å². The lowest BCUT2D eigenvalue weighted by Crippen LogP contribution is -2.42. The van der Waals surface area contributed by atoms with Crippen molar-refractivity contribution in [2.75, 3.05) is 0 Å². The fourth-order valence-corrected chi connectivity index (χ4v) is 2.91. The van der Waals surface area contributed by atoms with Gasteiger partial charge in [-0.15, -0.1) is 0 Å². The Kier molecular flexibility index (Phi) is 4.12. The van der Waals surface area contributed by atoms with Crippen LogP contribution >= 0.6 is 0 Å². The molecule has 0 spiro atoms. The fraction of sp³-hybridized carbons (Fsp3) is 0.833. The molecule has 0 aliphatic heterocycles. The topological polar surface area (TPSA) is 68.8 Å². The second kappa shape index (κ2) is 5.60. The summed E-state index contributed by atoms with van der Waals surface area (Å²) in [5, 5.41) is 4.10. The molecule has 1 fully saturated rings. The summed E-state index contributed by atoms with van der Waals surface area (Å²) in [7, 11) is 1.93. The number of hydrogen-bond acceptors (Lipinski definition) is 4. The van der Waals surface area contributed by atoms with E-state index in [2.05, 4.69) is 22.4 Å². The third-order valence-electron chi connectivity index (χ3n) is 4.15. The molecule has 1 saturated carbocycles. The van der Waals surface area contributed by atoms with Crippen LogP contribution in [0.4, 0.5) is 0 Å². The van der Waals surface area contributed by atoms with E-state index in [4.69, 9.17) is 5.84 Å². The molecule has 0 amide bonds. The first-order chi connectivity index (χ1) is 8.24. The molecular weight excluding hydrogens is 214 g/mol. The van der Waals surface area contributed by atoms with E-state index in [1.165, 1.54) is 25.7 Å². The summed E-state index contributed by atoms with van der Waals surface area (Å²) in [6, 6.07) is 0.328. The minimum Gasteiger partial charge on any atom is -0.271 e. The van der Waals surface area contributed by atoms with Crippen molar-refractivity contribution in [1.29, 1.82) is 0 Å². The van der Waals surface area contributed by atoms with Crippen molar-refractivity contribution in [2.45, 2.75) is 45.1 Å². The van der Waals surface area contributed by atoms with Crippen molar-refractivity contribution in [1.82, 2.24) is 20.2 Å². The molecule has 1 aromatic heterocycles. The molecule has 17 heavy (non-hydrogen) atoms. The molecule has 0 saturated heterocycles. The van der Waals surface area contributed by atoms with Crippen LogP contribution in [0.25, 0.3) is 0 Å². The van der Waals surface area contributed by atoms with Crippen molar-refractivity contribution in [3.8, 4) is 0 Å². The average Bonchev–Trinajstić information content (AvgIpc) is 2.95. The Bertz CT molecular complexity index is 348. The monoisotopic (exact) mass is 237 g/mol. The van der Waals surface area contributed by atoms with Gasteiger partial charge < -0.3 is 0 Å². The molecule has 0 radical (unpaired) electrons. The third kappa shape index (κ3) is 2.84. The summed E-state index contributed by atoms with van der Waals surface area (Å²) in [5.41, 5.74) is 2.97. The van der Waals surface area contributed by atoms with Crippen molar-refractivity contribution in [3.05, 3.63) is 12.2 Å². The van der Waals surface area contributed by atoms with Crippen LogP contribution in [0.2, 0.25) is 0 Å². The van der Waals surface area contributed by atoms with E-state index in [0.717, 1.165) is 18.2 Å². The van der Waals surface area contributed by atoms with E-state index < -0.39 is 0 Å². The molecule has 3 atom stereocenters. The minimum atomic E-state index is 0.328. The summed E-state index contributed by atoms with van der Waals surface area (Å²) in [6.07, 6.45) is 7.69. The van der Waals surface area contributed by atoms with Gasteiger partial charge in [0, 0.05) is 19.5 Å². The molecule has 2 rings (SSSR count). The van der Waals surface area contributed by atoms with E-state index >= 15 is 0 Å².